The van der Waals surface area contributed by atoms with Gasteiger partial charge in [0.25, 0.3) is 0 Å². The van der Waals surface area contributed by atoms with Gasteiger partial charge in [-0.3, -0.25) is 9.89 Å². The number of benzene rings is 1. The van der Waals surface area contributed by atoms with Crippen LogP contribution in [0.25, 0.3) is 10.9 Å². The van der Waals surface area contributed by atoms with E-state index >= 15 is 0 Å². The van der Waals surface area contributed by atoms with E-state index in [1.807, 2.05) is 72.8 Å². The lowest BCUT2D eigenvalue weighted by molar-refractivity contribution is -0.137. The van der Waals surface area contributed by atoms with E-state index in [1.54, 1.807) is 6.20 Å². The second-order valence-electron chi connectivity index (χ2n) is 7.36. The first-order chi connectivity index (χ1) is 14.0. The number of piperidine rings is 1. The number of likely N-dealkylation sites (tertiary alicyclic amines) is 1. The number of aromatic nitrogens is 3. The van der Waals surface area contributed by atoms with Crippen molar-refractivity contribution in [1.82, 2.24) is 19.7 Å². The lowest BCUT2D eigenvalue weighted by Gasteiger charge is -2.37. The van der Waals surface area contributed by atoms with Crippen LogP contribution in [-0.4, -0.2) is 49.4 Å². The van der Waals surface area contributed by atoms with Gasteiger partial charge < -0.3 is 14.6 Å². The predicted octanol–water partition coefficient (Wildman–Crippen LogP) is 4.08. The van der Waals surface area contributed by atoms with Crippen molar-refractivity contribution in [1.29, 1.82) is 0 Å². The highest BCUT2D eigenvalue weighted by Crippen LogP contribution is 2.28. The normalized spacial score (nSPS) is 16.8. The fraction of sp³-hybridized carbons (Fsp3) is 0.409. The smallest absolute Gasteiger partial charge is 0.250 e. The van der Waals surface area contributed by atoms with E-state index in [-0.39, 0.29) is 5.91 Å². The van der Waals surface area contributed by atoms with Crippen molar-refractivity contribution < 1.29 is 9.90 Å². The number of nitrogens with zero attached hydrogens (tertiary/aromatic N) is 3. The number of carbonyl (C=O) groups is 1. The highest BCUT2D eigenvalue weighted by Gasteiger charge is 2.34. The van der Waals surface area contributed by atoms with E-state index in [2.05, 4.69) is 10.2 Å². The molecule has 2 aromatic heterocycles. The van der Waals surface area contributed by atoms with Gasteiger partial charge in [-0.15, -0.1) is 0 Å². The molecular formula is C22H28N4O2S. The number of H-pyrrole nitrogens is 1. The van der Waals surface area contributed by atoms with Crippen molar-refractivity contribution in [3.05, 3.63) is 59.0 Å². The van der Waals surface area contributed by atoms with E-state index in [0.29, 0.717) is 30.6 Å². The molecule has 1 unspecified atom stereocenters. The maximum absolute atomic E-state index is 13.5. The van der Waals surface area contributed by atoms with Gasteiger partial charge in [0.2, 0.25) is 5.91 Å². The van der Waals surface area contributed by atoms with Crippen LogP contribution in [0.2, 0.25) is 0 Å². The lowest BCUT2D eigenvalue weighted by atomic mass is 9.93. The largest absolute Gasteiger partial charge is 0.390 e. The summed E-state index contributed by atoms with van der Waals surface area (Å²) in [7, 11) is 0. The Kier molecular flexibility index (Phi) is 6.49. The molecule has 3 heterocycles. The highest BCUT2D eigenvalue weighted by molar-refractivity contribution is 7.71. The van der Waals surface area contributed by atoms with Crippen LogP contribution >= 0.6 is 12.2 Å². The quantitative estimate of drug-likeness (QED) is 0.636. The average Bonchev–Trinajstić information content (AvgIpc) is 3.22. The third-order valence-electron chi connectivity index (χ3n) is 5.32. The Balaban J connectivity index is 0.00000117. The summed E-state index contributed by atoms with van der Waals surface area (Å²) in [4.78, 5) is 15.3. The standard InChI is InChI=1S/C20H22N4O2S.C2H6/c1-20(26)8-11-23(12-9-20)18(25)17(14-5-3-2-4-6-14)24-10-7-16-15(19(24)27)13-21-22-16;1-2/h2-7,10,13,17,26H,8-9,11-12H2,1H3,(H,21,22);1-2H3. The SMILES string of the molecule is CC.CC1(O)CCN(C(=O)C(c2ccccc2)n2ccc3[nH]ncc3c2=S)CC1. The maximum Gasteiger partial charge on any atom is 0.250 e. The van der Waals surface area contributed by atoms with Gasteiger partial charge in [0.15, 0.2) is 0 Å². The molecular weight excluding hydrogens is 384 g/mol. The Labute approximate surface area is 176 Å². The summed E-state index contributed by atoms with van der Waals surface area (Å²) in [6.07, 6.45) is 4.69. The molecule has 2 N–H and O–H groups in total. The molecule has 6 nitrogen and oxygen atoms in total. The highest BCUT2D eigenvalue weighted by atomic mass is 32.1. The molecule has 29 heavy (non-hydrogen) atoms. The molecule has 154 valence electrons. The molecule has 0 saturated carbocycles. The van der Waals surface area contributed by atoms with E-state index in [9.17, 15) is 9.90 Å². The summed E-state index contributed by atoms with van der Waals surface area (Å²) >= 11 is 5.67. The number of hydrogen-bond acceptors (Lipinski definition) is 4. The molecule has 1 aromatic carbocycles. The molecule has 4 rings (SSSR count). The van der Waals surface area contributed by atoms with E-state index in [1.165, 1.54) is 0 Å². The molecule has 0 aliphatic carbocycles. The number of aromatic amines is 1. The summed E-state index contributed by atoms with van der Waals surface area (Å²) in [5.41, 5.74) is 1.04. The molecule has 0 spiro atoms. The number of pyridine rings is 1. The summed E-state index contributed by atoms with van der Waals surface area (Å²) in [5, 5.41) is 18.0. The van der Waals surface area contributed by atoms with Crippen LogP contribution in [0.15, 0.2) is 48.8 Å². The number of carbonyl (C=O) groups excluding carboxylic acids is 1. The lowest BCUT2D eigenvalue weighted by Crippen LogP contribution is -2.47. The Morgan fingerprint density at radius 2 is 1.86 bits per heavy atom. The number of amides is 1. The second kappa shape index (κ2) is 8.88. The Morgan fingerprint density at radius 3 is 2.52 bits per heavy atom. The molecule has 7 heteroatoms. The minimum atomic E-state index is -0.703. The Hall–Kier alpha value is -2.51. The Bertz CT molecular complexity index is 1020. The molecule has 1 saturated heterocycles. The molecule has 1 atom stereocenters. The van der Waals surface area contributed by atoms with Crippen molar-refractivity contribution in [3.8, 4) is 0 Å². The number of aliphatic hydroxyl groups is 1. The monoisotopic (exact) mass is 412 g/mol. The second-order valence-corrected chi connectivity index (χ2v) is 7.75. The van der Waals surface area contributed by atoms with Crippen molar-refractivity contribution in [2.75, 3.05) is 13.1 Å². The van der Waals surface area contributed by atoms with Gasteiger partial charge in [0.05, 0.1) is 22.7 Å². The van der Waals surface area contributed by atoms with Crippen LogP contribution in [0.5, 0.6) is 0 Å². The predicted molar refractivity (Wildman–Crippen MR) is 117 cm³/mol. The van der Waals surface area contributed by atoms with Crippen LogP contribution in [0.1, 0.15) is 45.2 Å². The molecule has 1 aliphatic heterocycles. The van der Waals surface area contributed by atoms with Crippen LogP contribution in [0.4, 0.5) is 0 Å². The van der Waals surface area contributed by atoms with Crippen molar-refractivity contribution in [2.24, 2.45) is 0 Å². The topological polar surface area (TPSA) is 74.2 Å². The first-order valence-electron chi connectivity index (χ1n) is 10.1. The van der Waals surface area contributed by atoms with E-state index in [4.69, 9.17) is 12.2 Å². The van der Waals surface area contributed by atoms with E-state index in [0.717, 1.165) is 16.5 Å². The molecule has 0 radical (unpaired) electrons. The first kappa shape index (κ1) is 21.2. The van der Waals surface area contributed by atoms with Crippen molar-refractivity contribution in [3.63, 3.8) is 0 Å². The molecule has 1 aliphatic rings. The fourth-order valence-electron chi connectivity index (χ4n) is 3.60. The molecule has 1 fully saturated rings. The minimum Gasteiger partial charge on any atom is -0.390 e. The first-order valence-corrected chi connectivity index (χ1v) is 10.5. The zero-order valence-electron chi connectivity index (χ0n) is 17.1. The van der Waals surface area contributed by atoms with Crippen LogP contribution < -0.4 is 0 Å². The van der Waals surface area contributed by atoms with Crippen molar-refractivity contribution in [2.45, 2.75) is 45.3 Å². The number of rotatable bonds is 3. The fourth-order valence-corrected chi connectivity index (χ4v) is 3.93. The van der Waals surface area contributed by atoms with Crippen LogP contribution in [0, 0.1) is 4.64 Å². The number of fused-ring (bicyclic) bond motifs is 1. The van der Waals surface area contributed by atoms with Gasteiger partial charge in [0, 0.05) is 19.3 Å². The summed E-state index contributed by atoms with van der Waals surface area (Å²) < 4.78 is 2.42. The van der Waals surface area contributed by atoms with Gasteiger partial charge >= 0.3 is 0 Å². The third-order valence-corrected chi connectivity index (χ3v) is 5.75. The molecule has 3 aromatic rings. The Morgan fingerprint density at radius 1 is 1.21 bits per heavy atom. The average molecular weight is 413 g/mol. The van der Waals surface area contributed by atoms with Gasteiger partial charge in [-0.05, 0) is 31.4 Å². The van der Waals surface area contributed by atoms with Gasteiger partial charge in [-0.1, -0.05) is 56.4 Å². The summed E-state index contributed by atoms with van der Waals surface area (Å²) in [6, 6.07) is 11.0. The minimum absolute atomic E-state index is 0.00403. The summed E-state index contributed by atoms with van der Waals surface area (Å²) in [5.74, 6) is -0.00403. The van der Waals surface area contributed by atoms with E-state index < -0.39 is 11.6 Å². The van der Waals surface area contributed by atoms with Gasteiger partial charge in [0.1, 0.15) is 10.7 Å². The van der Waals surface area contributed by atoms with Gasteiger partial charge in [-0.25, -0.2) is 0 Å². The molecule has 1 amide bonds. The molecule has 0 bridgehead atoms. The van der Waals surface area contributed by atoms with Crippen LogP contribution in [0.3, 0.4) is 0 Å². The number of hydrogen-bond donors (Lipinski definition) is 2. The zero-order chi connectivity index (χ0) is 21.0. The summed E-state index contributed by atoms with van der Waals surface area (Å²) in [6.45, 7) is 6.90. The third kappa shape index (κ3) is 4.41. The van der Waals surface area contributed by atoms with Gasteiger partial charge in [-0.2, -0.15) is 5.10 Å². The maximum atomic E-state index is 13.5. The van der Waals surface area contributed by atoms with Crippen molar-refractivity contribution >= 4 is 29.0 Å². The van der Waals surface area contributed by atoms with Crippen LogP contribution in [-0.2, 0) is 4.79 Å². The number of nitrogens with one attached hydrogen (secondary N) is 1. The zero-order valence-corrected chi connectivity index (χ0v) is 17.9.